The first-order chi connectivity index (χ1) is 17.8. The minimum absolute atomic E-state index is 0.0139. The van der Waals surface area contributed by atoms with Gasteiger partial charge in [-0.05, 0) is 24.1 Å². The Morgan fingerprint density at radius 2 is 2.05 bits per heavy atom. The standard InChI is InChI=1S/C27H30FN5O4/c1-3-20-8-9-23(37-20)19-6-4-18(5-7-19)15-32-13-11-27(10-12-29,24(28)17-32)33-16-21(26(30)35)22(31-33)14-25(34)36-2/h4-9,16,24H,3,10-11,13-15,17H2,1-2H3,(H2,30,35). The molecule has 0 saturated carbocycles. The van der Waals surface area contributed by atoms with Crippen molar-refractivity contribution in [3.05, 3.63) is 65.2 Å². The van der Waals surface area contributed by atoms with Crippen molar-refractivity contribution in [1.29, 1.82) is 5.26 Å². The third-order valence-electron chi connectivity index (χ3n) is 6.95. The Hall–Kier alpha value is -3.97. The van der Waals surface area contributed by atoms with E-state index in [4.69, 9.17) is 10.2 Å². The molecule has 0 spiro atoms. The summed E-state index contributed by atoms with van der Waals surface area (Å²) in [6, 6.07) is 14.0. The molecule has 2 N–H and O–H groups in total. The average Bonchev–Trinajstić information content (AvgIpc) is 3.54. The lowest BCUT2D eigenvalue weighted by Gasteiger charge is -2.43. The predicted octanol–water partition coefficient (Wildman–Crippen LogP) is 3.37. The molecule has 1 aliphatic rings. The number of piperidine rings is 1. The first-order valence-electron chi connectivity index (χ1n) is 12.2. The monoisotopic (exact) mass is 507 g/mol. The molecule has 10 heteroatoms. The van der Waals surface area contributed by atoms with E-state index in [1.54, 1.807) is 0 Å². The number of likely N-dealkylation sites (tertiary alicyclic amines) is 1. The fourth-order valence-electron chi connectivity index (χ4n) is 4.75. The molecule has 1 saturated heterocycles. The van der Waals surface area contributed by atoms with Gasteiger partial charge in [-0.15, -0.1) is 0 Å². The van der Waals surface area contributed by atoms with Crippen LogP contribution in [0.3, 0.4) is 0 Å². The van der Waals surface area contributed by atoms with Gasteiger partial charge in [-0.1, -0.05) is 31.2 Å². The van der Waals surface area contributed by atoms with Gasteiger partial charge in [0, 0.05) is 37.8 Å². The molecular weight excluding hydrogens is 477 g/mol. The quantitative estimate of drug-likeness (QED) is 0.440. The fraction of sp³-hybridized carbons (Fsp3) is 0.407. The lowest BCUT2D eigenvalue weighted by Crippen LogP contribution is -2.54. The Labute approximate surface area is 214 Å². The van der Waals surface area contributed by atoms with Crippen LogP contribution in [-0.2, 0) is 34.5 Å². The van der Waals surface area contributed by atoms with Crippen LogP contribution in [0.2, 0.25) is 0 Å². The van der Waals surface area contributed by atoms with Crippen molar-refractivity contribution in [3.63, 3.8) is 0 Å². The number of hydrogen-bond donors (Lipinski definition) is 1. The van der Waals surface area contributed by atoms with Crippen molar-refractivity contribution >= 4 is 11.9 Å². The van der Waals surface area contributed by atoms with E-state index in [-0.39, 0.29) is 30.6 Å². The number of methoxy groups -OCH3 is 1. The second kappa shape index (κ2) is 11.0. The minimum Gasteiger partial charge on any atom is -0.469 e. The highest BCUT2D eigenvalue weighted by atomic mass is 19.1. The second-order valence-electron chi connectivity index (χ2n) is 9.26. The number of nitrogens with two attached hydrogens (primary N) is 1. The number of primary amides is 1. The smallest absolute Gasteiger partial charge is 0.311 e. The normalized spacial score (nSPS) is 19.9. The van der Waals surface area contributed by atoms with E-state index in [1.165, 1.54) is 18.0 Å². The molecule has 4 rings (SSSR count). The predicted molar refractivity (Wildman–Crippen MR) is 133 cm³/mol. The lowest BCUT2D eigenvalue weighted by atomic mass is 9.83. The molecule has 9 nitrogen and oxygen atoms in total. The molecule has 194 valence electrons. The van der Waals surface area contributed by atoms with Gasteiger partial charge in [-0.2, -0.15) is 10.4 Å². The number of ether oxygens (including phenoxy) is 1. The molecule has 37 heavy (non-hydrogen) atoms. The molecule has 1 amide bonds. The van der Waals surface area contributed by atoms with Gasteiger partial charge >= 0.3 is 5.97 Å². The van der Waals surface area contributed by atoms with E-state index in [0.29, 0.717) is 19.5 Å². The number of amides is 1. The van der Waals surface area contributed by atoms with E-state index >= 15 is 4.39 Å². The third-order valence-corrected chi connectivity index (χ3v) is 6.95. The summed E-state index contributed by atoms with van der Waals surface area (Å²) in [4.78, 5) is 25.7. The molecule has 3 aromatic rings. The SMILES string of the molecule is CCc1ccc(-c2ccc(CN3CCC(CC#N)(n4cc(C(N)=O)c(CC(=O)OC)n4)C(F)C3)cc2)o1. The molecule has 2 atom stereocenters. The van der Waals surface area contributed by atoms with Gasteiger partial charge in [-0.3, -0.25) is 19.2 Å². The zero-order valence-electron chi connectivity index (χ0n) is 20.9. The van der Waals surface area contributed by atoms with Crippen LogP contribution in [0.4, 0.5) is 4.39 Å². The van der Waals surface area contributed by atoms with Gasteiger partial charge in [0.1, 0.15) is 23.2 Å². The zero-order valence-corrected chi connectivity index (χ0v) is 20.9. The summed E-state index contributed by atoms with van der Waals surface area (Å²) in [5.74, 6) is 0.360. The van der Waals surface area contributed by atoms with E-state index in [1.807, 2.05) is 48.2 Å². The number of carbonyl (C=O) groups excluding carboxylic acids is 2. The second-order valence-corrected chi connectivity index (χ2v) is 9.26. The molecule has 1 aliphatic heterocycles. The number of hydrogen-bond acceptors (Lipinski definition) is 7. The summed E-state index contributed by atoms with van der Waals surface area (Å²) in [5, 5.41) is 13.9. The van der Waals surface area contributed by atoms with Crippen molar-refractivity contribution in [2.45, 2.75) is 50.9 Å². The van der Waals surface area contributed by atoms with Crippen molar-refractivity contribution in [2.75, 3.05) is 20.2 Å². The van der Waals surface area contributed by atoms with Crippen LogP contribution in [0, 0.1) is 11.3 Å². The molecule has 3 heterocycles. The first-order valence-corrected chi connectivity index (χ1v) is 12.2. The number of nitrogens with zero attached hydrogens (tertiary/aromatic N) is 4. The lowest BCUT2D eigenvalue weighted by molar-refractivity contribution is -0.139. The van der Waals surface area contributed by atoms with Gasteiger partial charge in [0.2, 0.25) is 0 Å². The third kappa shape index (κ3) is 5.42. The molecule has 0 radical (unpaired) electrons. The number of aromatic nitrogens is 2. The number of alkyl halides is 1. The summed E-state index contributed by atoms with van der Waals surface area (Å²) in [6.45, 7) is 3.18. The van der Waals surface area contributed by atoms with Crippen molar-refractivity contribution in [3.8, 4) is 17.4 Å². The number of aryl methyl sites for hydroxylation is 1. The van der Waals surface area contributed by atoms with Crippen LogP contribution < -0.4 is 5.73 Å². The summed E-state index contributed by atoms with van der Waals surface area (Å²) >= 11 is 0. The van der Waals surface area contributed by atoms with Crippen LogP contribution >= 0.6 is 0 Å². The van der Waals surface area contributed by atoms with Crippen molar-refractivity contribution in [1.82, 2.24) is 14.7 Å². The topological polar surface area (TPSA) is 127 Å². The average molecular weight is 508 g/mol. The maximum Gasteiger partial charge on any atom is 0.311 e. The largest absolute Gasteiger partial charge is 0.469 e. The number of nitriles is 1. The van der Waals surface area contributed by atoms with Gasteiger partial charge in [0.05, 0.1) is 37.3 Å². The van der Waals surface area contributed by atoms with Gasteiger partial charge < -0.3 is 14.9 Å². The number of benzene rings is 1. The number of furan rings is 1. The summed E-state index contributed by atoms with van der Waals surface area (Å²) in [7, 11) is 1.22. The molecular formula is C27H30FN5O4. The van der Waals surface area contributed by atoms with Crippen LogP contribution in [0.1, 0.15) is 47.1 Å². The molecule has 0 bridgehead atoms. The maximum atomic E-state index is 15.8. The van der Waals surface area contributed by atoms with Crippen LogP contribution in [-0.4, -0.2) is 52.9 Å². The molecule has 2 aromatic heterocycles. The maximum absolute atomic E-state index is 15.8. The Balaban J connectivity index is 1.50. The first kappa shape index (κ1) is 26.1. The molecule has 2 unspecified atom stereocenters. The van der Waals surface area contributed by atoms with Crippen molar-refractivity contribution < 1.29 is 23.1 Å². The Bertz CT molecular complexity index is 1310. The Morgan fingerprint density at radius 1 is 1.30 bits per heavy atom. The number of esters is 1. The number of rotatable bonds is 9. The highest BCUT2D eigenvalue weighted by molar-refractivity contribution is 5.94. The van der Waals surface area contributed by atoms with Crippen LogP contribution in [0.25, 0.3) is 11.3 Å². The summed E-state index contributed by atoms with van der Waals surface area (Å²) in [5.41, 5.74) is 6.32. The van der Waals surface area contributed by atoms with E-state index in [2.05, 4.69) is 15.9 Å². The van der Waals surface area contributed by atoms with Crippen LogP contribution in [0.5, 0.6) is 0 Å². The van der Waals surface area contributed by atoms with E-state index in [0.717, 1.165) is 29.1 Å². The van der Waals surface area contributed by atoms with Crippen LogP contribution in [0.15, 0.2) is 47.0 Å². The van der Waals surface area contributed by atoms with Gasteiger partial charge in [0.25, 0.3) is 5.91 Å². The minimum atomic E-state index is -1.44. The van der Waals surface area contributed by atoms with E-state index in [9.17, 15) is 14.9 Å². The summed E-state index contributed by atoms with van der Waals surface area (Å²) < 4.78 is 27.6. The van der Waals surface area contributed by atoms with Gasteiger partial charge in [0.15, 0.2) is 0 Å². The number of carbonyl (C=O) groups is 2. The van der Waals surface area contributed by atoms with Crippen molar-refractivity contribution in [2.24, 2.45) is 5.73 Å². The highest BCUT2D eigenvalue weighted by Crippen LogP contribution is 2.37. The number of halogens is 1. The zero-order chi connectivity index (χ0) is 26.6. The Morgan fingerprint density at radius 3 is 2.65 bits per heavy atom. The summed E-state index contributed by atoms with van der Waals surface area (Å²) in [6.07, 6.45) is 0.612. The molecule has 0 aliphatic carbocycles. The van der Waals surface area contributed by atoms with Gasteiger partial charge in [-0.25, -0.2) is 4.39 Å². The Kier molecular flexibility index (Phi) is 7.74. The molecule has 1 aromatic carbocycles. The van der Waals surface area contributed by atoms with E-state index < -0.39 is 23.6 Å². The highest BCUT2D eigenvalue weighted by Gasteiger charge is 2.46. The fourth-order valence-corrected chi connectivity index (χ4v) is 4.75. The molecule has 1 fully saturated rings.